The Labute approximate surface area is 112 Å². The SMILES string of the molecule is O=C(CC1CCCCC1)NCC(O)c1cccs1. The molecule has 1 amide bonds. The first-order chi connectivity index (χ1) is 8.75. The highest BCUT2D eigenvalue weighted by molar-refractivity contribution is 7.10. The maximum Gasteiger partial charge on any atom is 0.220 e. The third kappa shape index (κ3) is 4.10. The van der Waals surface area contributed by atoms with Crippen LogP contribution in [-0.2, 0) is 4.79 Å². The third-order valence-electron chi connectivity index (χ3n) is 3.56. The summed E-state index contributed by atoms with van der Waals surface area (Å²) in [5.74, 6) is 0.634. The van der Waals surface area contributed by atoms with Crippen LogP contribution in [0, 0.1) is 5.92 Å². The van der Waals surface area contributed by atoms with Gasteiger partial charge in [0.15, 0.2) is 0 Å². The van der Waals surface area contributed by atoms with E-state index in [1.165, 1.54) is 43.4 Å². The topological polar surface area (TPSA) is 49.3 Å². The molecule has 1 aliphatic rings. The molecule has 1 aromatic heterocycles. The number of thiophene rings is 1. The second-order valence-corrected chi connectivity index (χ2v) is 6.02. The van der Waals surface area contributed by atoms with Gasteiger partial charge in [-0.2, -0.15) is 0 Å². The van der Waals surface area contributed by atoms with Gasteiger partial charge in [0.1, 0.15) is 6.10 Å². The summed E-state index contributed by atoms with van der Waals surface area (Å²) < 4.78 is 0. The molecule has 1 fully saturated rings. The number of nitrogens with one attached hydrogen (secondary N) is 1. The van der Waals surface area contributed by atoms with E-state index >= 15 is 0 Å². The van der Waals surface area contributed by atoms with Crippen molar-refractivity contribution in [3.8, 4) is 0 Å². The number of aliphatic hydroxyl groups is 1. The van der Waals surface area contributed by atoms with Crippen LogP contribution in [0.15, 0.2) is 17.5 Å². The van der Waals surface area contributed by atoms with E-state index in [1.54, 1.807) is 0 Å². The molecule has 0 bridgehead atoms. The monoisotopic (exact) mass is 267 g/mol. The predicted octanol–water partition coefficient (Wildman–Crippen LogP) is 2.87. The fraction of sp³-hybridized carbons (Fsp3) is 0.643. The highest BCUT2D eigenvalue weighted by atomic mass is 32.1. The molecule has 0 aliphatic heterocycles. The zero-order valence-electron chi connectivity index (χ0n) is 10.6. The number of amides is 1. The lowest BCUT2D eigenvalue weighted by molar-refractivity contribution is -0.122. The van der Waals surface area contributed by atoms with Crippen LogP contribution in [0.3, 0.4) is 0 Å². The zero-order chi connectivity index (χ0) is 12.8. The summed E-state index contributed by atoms with van der Waals surface area (Å²) in [6, 6.07) is 3.80. The van der Waals surface area contributed by atoms with Gasteiger partial charge >= 0.3 is 0 Å². The highest BCUT2D eigenvalue weighted by Crippen LogP contribution is 2.26. The molecule has 2 rings (SSSR count). The Hall–Kier alpha value is -0.870. The normalized spacial score (nSPS) is 18.5. The van der Waals surface area contributed by atoms with Gasteiger partial charge in [0.2, 0.25) is 5.91 Å². The molecule has 1 aromatic rings. The molecule has 0 saturated heterocycles. The summed E-state index contributed by atoms with van der Waals surface area (Å²) in [7, 11) is 0. The summed E-state index contributed by atoms with van der Waals surface area (Å²) in [6.45, 7) is 0.325. The van der Waals surface area contributed by atoms with Gasteiger partial charge in [0.05, 0.1) is 0 Å². The smallest absolute Gasteiger partial charge is 0.220 e. The van der Waals surface area contributed by atoms with Gasteiger partial charge in [-0.3, -0.25) is 4.79 Å². The Kier molecular flexibility index (Phi) is 5.20. The Morgan fingerprint density at radius 2 is 2.22 bits per heavy atom. The minimum Gasteiger partial charge on any atom is -0.386 e. The van der Waals surface area contributed by atoms with Crippen molar-refractivity contribution in [2.45, 2.75) is 44.6 Å². The van der Waals surface area contributed by atoms with Crippen molar-refractivity contribution in [3.63, 3.8) is 0 Å². The summed E-state index contributed by atoms with van der Waals surface area (Å²) in [5.41, 5.74) is 0. The maximum absolute atomic E-state index is 11.8. The van der Waals surface area contributed by atoms with Crippen LogP contribution in [0.5, 0.6) is 0 Å². The van der Waals surface area contributed by atoms with Crippen molar-refractivity contribution < 1.29 is 9.90 Å². The first-order valence-corrected chi connectivity index (χ1v) is 7.62. The molecule has 1 aliphatic carbocycles. The zero-order valence-corrected chi connectivity index (χ0v) is 11.4. The molecule has 1 atom stereocenters. The van der Waals surface area contributed by atoms with E-state index in [2.05, 4.69) is 5.32 Å². The van der Waals surface area contributed by atoms with Crippen LogP contribution in [0.4, 0.5) is 0 Å². The number of hydrogen-bond donors (Lipinski definition) is 2. The summed E-state index contributed by atoms with van der Waals surface area (Å²) in [4.78, 5) is 12.7. The molecule has 1 unspecified atom stereocenters. The molecule has 4 heteroatoms. The van der Waals surface area contributed by atoms with E-state index in [0.717, 1.165) is 4.88 Å². The Bertz CT molecular complexity index is 358. The molecule has 0 radical (unpaired) electrons. The first kappa shape index (κ1) is 13.6. The van der Waals surface area contributed by atoms with Gasteiger partial charge < -0.3 is 10.4 Å². The largest absolute Gasteiger partial charge is 0.386 e. The summed E-state index contributed by atoms with van der Waals surface area (Å²) >= 11 is 1.52. The molecular weight excluding hydrogens is 246 g/mol. The molecule has 1 saturated carbocycles. The summed E-state index contributed by atoms with van der Waals surface area (Å²) in [6.07, 6.45) is 6.25. The molecule has 3 nitrogen and oxygen atoms in total. The summed E-state index contributed by atoms with van der Waals surface area (Å²) in [5, 5.41) is 14.6. The molecule has 1 heterocycles. The molecule has 0 aromatic carbocycles. The van der Waals surface area contributed by atoms with Crippen molar-refractivity contribution in [3.05, 3.63) is 22.4 Å². The fourth-order valence-electron chi connectivity index (χ4n) is 2.52. The Balaban J connectivity index is 1.68. The lowest BCUT2D eigenvalue weighted by Gasteiger charge is -2.21. The minimum absolute atomic E-state index is 0.0810. The van der Waals surface area contributed by atoms with Crippen LogP contribution in [0.25, 0.3) is 0 Å². The lowest BCUT2D eigenvalue weighted by atomic mass is 9.87. The van der Waals surface area contributed by atoms with E-state index in [0.29, 0.717) is 18.9 Å². The van der Waals surface area contributed by atoms with Gasteiger partial charge in [-0.15, -0.1) is 11.3 Å². The van der Waals surface area contributed by atoms with Gasteiger partial charge in [-0.25, -0.2) is 0 Å². The maximum atomic E-state index is 11.8. The predicted molar refractivity (Wildman–Crippen MR) is 73.5 cm³/mol. The second-order valence-electron chi connectivity index (χ2n) is 5.04. The van der Waals surface area contributed by atoms with Crippen molar-refractivity contribution in [1.29, 1.82) is 0 Å². The fourth-order valence-corrected chi connectivity index (χ4v) is 3.23. The van der Waals surface area contributed by atoms with E-state index in [1.807, 2.05) is 17.5 Å². The molecule has 2 N–H and O–H groups in total. The van der Waals surface area contributed by atoms with Crippen molar-refractivity contribution in [2.75, 3.05) is 6.54 Å². The standard InChI is InChI=1S/C14H21NO2S/c16-12(13-7-4-8-18-13)10-15-14(17)9-11-5-2-1-3-6-11/h4,7-8,11-12,16H,1-3,5-6,9-10H2,(H,15,17). The van der Waals surface area contributed by atoms with Gasteiger partial charge in [0.25, 0.3) is 0 Å². The van der Waals surface area contributed by atoms with E-state index in [-0.39, 0.29) is 5.91 Å². The number of rotatable bonds is 5. The molecule has 0 spiro atoms. The Morgan fingerprint density at radius 3 is 2.89 bits per heavy atom. The second kappa shape index (κ2) is 6.90. The van der Waals surface area contributed by atoms with E-state index in [4.69, 9.17) is 0 Å². The Morgan fingerprint density at radius 1 is 1.44 bits per heavy atom. The van der Waals surface area contributed by atoms with Crippen molar-refractivity contribution in [2.24, 2.45) is 5.92 Å². The number of aliphatic hydroxyl groups excluding tert-OH is 1. The average Bonchev–Trinajstić information content (AvgIpc) is 2.91. The number of carbonyl (C=O) groups excluding carboxylic acids is 1. The highest BCUT2D eigenvalue weighted by Gasteiger charge is 2.17. The van der Waals surface area contributed by atoms with Crippen molar-refractivity contribution >= 4 is 17.2 Å². The van der Waals surface area contributed by atoms with E-state index in [9.17, 15) is 9.90 Å². The number of carbonyl (C=O) groups is 1. The van der Waals surface area contributed by atoms with E-state index < -0.39 is 6.10 Å². The average molecular weight is 267 g/mol. The van der Waals surface area contributed by atoms with Crippen LogP contribution in [-0.4, -0.2) is 17.6 Å². The van der Waals surface area contributed by atoms with Crippen LogP contribution in [0.1, 0.15) is 49.5 Å². The molecular formula is C14H21NO2S. The molecule has 100 valence electrons. The van der Waals surface area contributed by atoms with Crippen LogP contribution in [0.2, 0.25) is 0 Å². The first-order valence-electron chi connectivity index (χ1n) is 6.74. The number of hydrogen-bond acceptors (Lipinski definition) is 3. The van der Waals surface area contributed by atoms with Gasteiger partial charge in [-0.1, -0.05) is 25.3 Å². The minimum atomic E-state index is -0.569. The van der Waals surface area contributed by atoms with Gasteiger partial charge in [-0.05, 0) is 30.2 Å². The lowest BCUT2D eigenvalue weighted by Crippen LogP contribution is -2.30. The van der Waals surface area contributed by atoms with Crippen LogP contribution >= 0.6 is 11.3 Å². The quantitative estimate of drug-likeness (QED) is 0.862. The van der Waals surface area contributed by atoms with Gasteiger partial charge in [0, 0.05) is 17.8 Å². The third-order valence-corrected chi connectivity index (χ3v) is 4.54. The van der Waals surface area contributed by atoms with Crippen LogP contribution < -0.4 is 5.32 Å². The molecule has 18 heavy (non-hydrogen) atoms. The van der Waals surface area contributed by atoms with Crippen molar-refractivity contribution in [1.82, 2.24) is 5.32 Å².